The van der Waals surface area contributed by atoms with E-state index in [-0.39, 0.29) is 24.5 Å². The van der Waals surface area contributed by atoms with E-state index in [2.05, 4.69) is 15.5 Å². The van der Waals surface area contributed by atoms with Gasteiger partial charge in [0, 0.05) is 18.8 Å². The Hall–Kier alpha value is -3.53. The summed E-state index contributed by atoms with van der Waals surface area (Å²) in [6, 6.07) is 8.81. The van der Waals surface area contributed by atoms with Crippen molar-refractivity contribution in [2.24, 2.45) is 7.05 Å². The van der Waals surface area contributed by atoms with Crippen LogP contribution in [0.3, 0.4) is 0 Å². The molecule has 0 bridgehead atoms. The molecule has 1 N–H and O–H groups in total. The van der Waals surface area contributed by atoms with Crippen molar-refractivity contribution in [2.75, 3.05) is 0 Å². The van der Waals surface area contributed by atoms with Crippen LogP contribution < -0.4 is 10.9 Å². The Kier molecular flexibility index (Phi) is 5.55. The minimum atomic E-state index is -0.478. The Labute approximate surface area is 181 Å². The number of hydrogen-bond donors (Lipinski definition) is 1. The highest BCUT2D eigenvalue weighted by atomic mass is 32.1. The molecular weight excluding hydrogens is 418 g/mol. The normalized spacial score (nSPS) is 12.2. The largest absolute Gasteiger partial charge is 0.457 e. The van der Waals surface area contributed by atoms with Crippen LogP contribution in [0.1, 0.15) is 35.7 Å². The molecule has 10 heteroatoms. The number of thiophene rings is 1. The number of rotatable bonds is 6. The smallest absolute Gasteiger partial charge is 0.308 e. The van der Waals surface area contributed by atoms with E-state index < -0.39 is 12.0 Å². The first kappa shape index (κ1) is 20.7. The number of aryl methyl sites for hydroxylation is 2. The third-order valence-corrected chi connectivity index (χ3v) is 5.92. The molecule has 0 aliphatic carbocycles. The Morgan fingerprint density at radius 3 is 2.77 bits per heavy atom. The van der Waals surface area contributed by atoms with Crippen LogP contribution in [0.4, 0.5) is 0 Å². The van der Waals surface area contributed by atoms with Gasteiger partial charge in [-0.05, 0) is 30.5 Å². The number of nitrogens with one attached hydrogen (secondary N) is 1. The van der Waals surface area contributed by atoms with Gasteiger partial charge in [-0.15, -0.1) is 21.5 Å². The SMILES string of the molecule is CC(=O)NC(CC(=O)OCc1nnc2n(C)c(=O)c3cc(C)ccc3n12)c1cccs1. The lowest BCUT2D eigenvalue weighted by molar-refractivity contribution is -0.145. The second-order valence-electron chi connectivity index (χ2n) is 7.27. The van der Waals surface area contributed by atoms with E-state index in [0.717, 1.165) is 10.4 Å². The Morgan fingerprint density at radius 2 is 2.06 bits per heavy atom. The first-order valence-electron chi connectivity index (χ1n) is 9.64. The van der Waals surface area contributed by atoms with Crippen molar-refractivity contribution in [1.82, 2.24) is 24.5 Å². The molecule has 3 heterocycles. The number of esters is 1. The van der Waals surface area contributed by atoms with Crippen molar-refractivity contribution in [3.63, 3.8) is 0 Å². The molecule has 1 unspecified atom stereocenters. The summed E-state index contributed by atoms with van der Waals surface area (Å²) in [5.41, 5.74) is 1.44. The van der Waals surface area contributed by atoms with Crippen molar-refractivity contribution >= 4 is 39.9 Å². The molecule has 1 amide bonds. The standard InChI is InChI=1S/C21H21N5O4S/c1-12-6-7-16-14(9-12)20(29)25(3)21-24-23-18(26(16)21)11-30-19(28)10-15(22-13(2)27)17-5-4-8-31-17/h4-9,15H,10-11H2,1-3H3,(H,22,27). The minimum Gasteiger partial charge on any atom is -0.457 e. The van der Waals surface area contributed by atoms with Crippen LogP contribution in [-0.2, 0) is 28.0 Å². The lowest BCUT2D eigenvalue weighted by Crippen LogP contribution is -2.28. The number of ether oxygens (including phenoxy) is 1. The van der Waals surface area contributed by atoms with Gasteiger partial charge in [-0.25, -0.2) is 0 Å². The van der Waals surface area contributed by atoms with Gasteiger partial charge < -0.3 is 10.1 Å². The van der Waals surface area contributed by atoms with E-state index in [1.165, 1.54) is 22.8 Å². The van der Waals surface area contributed by atoms with Crippen LogP contribution in [0.15, 0.2) is 40.5 Å². The number of nitrogens with zero attached hydrogens (tertiary/aromatic N) is 4. The topological polar surface area (TPSA) is 108 Å². The molecule has 0 radical (unpaired) electrons. The van der Waals surface area contributed by atoms with Crippen molar-refractivity contribution in [2.45, 2.75) is 32.9 Å². The number of fused-ring (bicyclic) bond motifs is 3. The molecule has 4 aromatic rings. The summed E-state index contributed by atoms with van der Waals surface area (Å²) in [6.07, 6.45) is -0.00470. The zero-order valence-electron chi connectivity index (χ0n) is 17.3. The molecule has 160 valence electrons. The molecule has 0 aliphatic heterocycles. The van der Waals surface area contributed by atoms with E-state index >= 15 is 0 Å². The zero-order chi connectivity index (χ0) is 22.1. The number of carbonyl (C=O) groups is 2. The molecular formula is C21H21N5O4S. The zero-order valence-corrected chi connectivity index (χ0v) is 18.1. The van der Waals surface area contributed by atoms with Gasteiger partial charge >= 0.3 is 5.97 Å². The average Bonchev–Trinajstić information content (AvgIpc) is 3.40. The van der Waals surface area contributed by atoms with Gasteiger partial charge in [0.05, 0.1) is 23.4 Å². The summed E-state index contributed by atoms with van der Waals surface area (Å²) in [7, 11) is 1.63. The number of hydrogen-bond acceptors (Lipinski definition) is 7. The maximum atomic E-state index is 12.7. The highest BCUT2D eigenvalue weighted by molar-refractivity contribution is 7.10. The number of carbonyl (C=O) groups excluding carboxylic acids is 2. The van der Waals surface area contributed by atoms with Crippen LogP contribution in [0.25, 0.3) is 16.7 Å². The first-order chi connectivity index (χ1) is 14.8. The van der Waals surface area contributed by atoms with Crippen LogP contribution in [0.5, 0.6) is 0 Å². The average molecular weight is 439 g/mol. The van der Waals surface area contributed by atoms with Gasteiger partial charge in [-0.1, -0.05) is 17.7 Å². The molecule has 0 saturated carbocycles. The van der Waals surface area contributed by atoms with Gasteiger partial charge in [0.15, 0.2) is 12.4 Å². The van der Waals surface area contributed by atoms with Gasteiger partial charge in [0.2, 0.25) is 11.7 Å². The summed E-state index contributed by atoms with van der Waals surface area (Å²) >= 11 is 1.46. The summed E-state index contributed by atoms with van der Waals surface area (Å²) in [4.78, 5) is 37.6. The molecule has 31 heavy (non-hydrogen) atoms. The summed E-state index contributed by atoms with van der Waals surface area (Å²) in [6.45, 7) is 3.21. The fourth-order valence-electron chi connectivity index (χ4n) is 3.48. The summed E-state index contributed by atoms with van der Waals surface area (Å²) in [5.74, 6) is 0.0633. The highest BCUT2D eigenvalue weighted by Crippen LogP contribution is 2.23. The molecule has 0 spiro atoms. The number of benzene rings is 1. The lowest BCUT2D eigenvalue weighted by Gasteiger charge is -2.15. The second-order valence-corrected chi connectivity index (χ2v) is 8.25. The molecule has 0 aliphatic rings. The van der Waals surface area contributed by atoms with E-state index in [9.17, 15) is 14.4 Å². The van der Waals surface area contributed by atoms with Crippen molar-refractivity contribution in [3.8, 4) is 0 Å². The fraction of sp³-hybridized carbons (Fsp3) is 0.286. The quantitative estimate of drug-likeness (QED) is 0.462. The number of aromatic nitrogens is 4. The fourth-order valence-corrected chi connectivity index (χ4v) is 4.26. The third-order valence-electron chi connectivity index (χ3n) is 4.94. The summed E-state index contributed by atoms with van der Waals surface area (Å²) < 4.78 is 8.59. The van der Waals surface area contributed by atoms with Crippen LogP contribution in [-0.4, -0.2) is 31.0 Å². The predicted octanol–water partition coefficient (Wildman–Crippen LogP) is 2.26. The van der Waals surface area contributed by atoms with Gasteiger partial charge in [-0.2, -0.15) is 0 Å². The van der Waals surface area contributed by atoms with Crippen molar-refractivity contribution in [1.29, 1.82) is 0 Å². The first-order valence-corrected chi connectivity index (χ1v) is 10.5. The van der Waals surface area contributed by atoms with E-state index in [1.807, 2.05) is 42.6 Å². The van der Waals surface area contributed by atoms with Crippen LogP contribution in [0, 0.1) is 6.92 Å². The van der Waals surface area contributed by atoms with Crippen molar-refractivity contribution < 1.29 is 14.3 Å². The van der Waals surface area contributed by atoms with E-state index in [1.54, 1.807) is 11.4 Å². The molecule has 3 aromatic heterocycles. The highest BCUT2D eigenvalue weighted by Gasteiger charge is 2.21. The van der Waals surface area contributed by atoms with Crippen LogP contribution >= 0.6 is 11.3 Å². The molecule has 0 saturated heterocycles. The van der Waals surface area contributed by atoms with E-state index in [4.69, 9.17) is 4.74 Å². The van der Waals surface area contributed by atoms with E-state index in [0.29, 0.717) is 22.5 Å². The van der Waals surface area contributed by atoms with Crippen LogP contribution in [0.2, 0.25) is 0 Å². The molecule has 4 rings (SSSR count). The predicted molar refractivity (Wildman–Crippen MR) is 116 cm³/mol. The number of amides is 1. The Bertz CT molecular complexity index is 1340. The molecule has 9 nitrogen and oxygen atoms in total. The summed E-state index contributed by atoms with van der Waals surface area (Å²) in [5, 5.41) is 13.4. The van der Waals surface area contributed by atoms with Crippen molar-refractivity contribution in [3.05, 3.63) is 62.3 Å². The Morgan fingerprint density at radius 1 is 1.26 bits per heavy atom. The molecule has 1 aromatic carbocycles. The third kappa shape index (κ3) is 4.06. The van der Waals surface area contributed by atoms with Gasteiger partial charge in [0.1, 0.15) is 0 Å². The molecule has 1 atom stereocenters. The Balaban J connectivity index is 1.59. The maximum Gasteiger partial charge on any atom is 0.308 e. The maximum absolute atomic E-state index is 12.7. The lowest BCUT2D eigenvalue weighted by atomic mass is 10.1. The van der Waals surface area contributed by atoms with Gasteiger partial charge in [-0.3, -0.25) is 23.4 Å². The monoisotopic (exact) mass is 439 g/mol. The minimum absolute atomic E-state index is 0.00470. The molecule has 0 fully saturated rings. The van der Waals surface area contributed by atoms with Gasteiger partial charge in [0.25, 0.3) is 5.56 Å². The second kappa shape index (κ2) is 8.31.